The Morgan fingerprint density at radius 3 is 2.77 bits per heavy atom. The fourth-order valence-corrected chi connectivity index (χ4v) is 1.71. The Morgan fingerprint density at radius 2 is 2.23 bits per heavy atom. The molecule has 1 fully saturated rings. The van der Waals surface area contributed by atoms with Crippen molar-refractivity contribution in [1.29, 1.82) is 0 Å². The lowest BCUT2D eigenvalue weighted by atomic mass is 10.2. The molecule has 13 heavy (non-hydrogen) atoms. The molecular weight excluding hydrogens is 194 g/mol. The van der Waals surface area contributed by atoms with Crippen molar-refractivity contribution in [1.82, 2.24) is 4.90 Å². The van der Waals surface area contributed by atoms with Crippen molar-refractivity contribution in [3.63, 3.8) is 0 Å². The van der Waals surface area contributed by atoms with Gasteiger partial charge < -0.3 is 10.0 Å². The zero-order chi connectivity index (χ0) is 9.84. The maximum absolute atomic E-state index is 11.3. The Hall–Kier alpha value is -0.770. The van der Waals surface area contributed by atoms with Crippen molar-refractivity contribution < 1.29 is 14.7 Å². The lowest BCUT2D eigenvalue weighted by molar-refractivity contribution is -0.148. The number of hydrogen-bond donors (Lipinski definition) is 1. The Labute approximate surface area is 81.5 Å². The smallest absolute Gasteiger partial charge is 0.326 e. The van der Waals surface area contributed by atoms with Gasteiger partial charge in [0, 0.05) is 18.8 Å². The average molecular weight is 206 g/mol. The predicted molar refractivity (Wildman–Crippen MR) is 47.7 cm³/mol. The molecule has 1 heterocycles. The summed E-state index contributed by atoms with van der Waals surface area (Å²) in [5.41, 5.74) is 0. The van der Waals surface area contributed by atoms with E-state index in [1.54, 1.807) is 0 Å². The number of likely N-dealkylation sites (tertiary alicyclic amines) is 1. The number of amides is 1. The highest BCUT2D eigenvalue weighted by atomic mass is 35.5. The topological polar surface area (TPSA) is 57.6 Å². The second-order valence-electron chi connectivity index (χ2n) is 3.02. The highest BCUT2D eigenvalue weighted by Gasteiger charge is 2.33. The molecule has 1 amide bonds. The van der Waals surface area contributed by atoms with Crippen LogP contribution in [0.4, 0.5) is 0 Å². The van der Waals surface area contributed by atoms with E-state index in [2.05, 4.69) is 0 Å². The molecule has 1 aliphatic rings. The summed E-state index contributed by atoms with van der Waals surface area (Å²) in [4.78, 5) is 23.4. The van der Waals surface area contributed by atoms with Crippen LogP contribution in [0.15, 0.2) is 0 Å². The number of halogens is 1. The van der Waals surface area contributed by atoms with Crippen molar-refractivity contribution >= 4 is 23.5 Å². The van der Waals surface area contributed by atoms with Crippen LogP contribution in [-0.4, -0.2) is 40.3 Å². The molecule has 0 aromatic carbocycles. The summed E-state index contributed by atoms with van der Waals surface area (Å²) in [5.74, 6) is -0.817. The maximum Gasteiger partial charge on any atom is 0.326 e. The Balaban J connectivity index is 2.57. The number of hydrogen-bond acceptors (Lipinski definition) is 2. The largest absolute Gasteiger partial charge is 0.480 e. The number of carbonyl (C=O) groups excluding carboxylic acids is 1. The van der Waals surface area contributed by atoms with Gasteiger partial charge in [-0.05, 0) is 12.8 Å². The number of carboxylic acid groups (broad SMARTS) is 1. The summed E-state index contributed by atoms with van der Waals surface area (Å²) >= 11 is 5.41. The van der Waals surface area contributed by atoms with Gasteiger partial charge in [-0.25, -0.2) is 4.79 Å². The van der Waals surface area contributed by atoms with Crippen LogP contribution in [0.25, 0.3) is 0 Å². The fourth-order valence-electron chi connectivity index (χ4n) is 1.55. The third kappa shape index (κ3) is 2.34. The number of nitrogens with zero attached hydrogens (tertiary/aromatic N) is 1. The molecule has 1 aliphatic heterocycles. The van der Waals surface area contributed by atoms with Crippen molar-refractivity contribution in [3.05, 3.63) is 0 Å². The zero-order valence-corrected chi connectivity index (χ0v) is 7.96. The number of rotatable bonds is 3. The Kier molecular flexibility index (Phi) is 3.54. The highest BCUT2D eigenvalue weighted by Crippen LogP contribution is 2.18. The SMILES string of the molecule is O=C(O)C1CCCN1C(=O)CCCl. The van der Waals surface area contributed by atoms with E-state index in [4.69, 9.17) is 16.7 Å². The second kappa shape index (κ2) is 4.46. The summed E-state index contributed by atoms with van der Waals surface area (Å²) in [6, 6.07) is -0.629. The molecule has 0 spiro atoms. The van der Waals surface area contributed by atoms with Crippen molar-refractivity contribution in [2.75, 3.05) is 12.4 Å². The first-order chi connectivity index (χ1) is 6.16. The summed E-state index contributed by atoms with van der Waals surface area (Å²) in [6.45, 7) is 0.548. The number of aliphatic carboxylic acids is 1. The van der Waals surface area contributed by atoms with E-state index in [-0.39, 0.29) is 18.2 Å². The molecule has 0 bridgehead atoms. The van der Waals surface area contributed by atoms with Gasteiger partial charge in [-0.3, -0.25) is 4.79 Å². The van der Waals surface area contributed by atoms with Crippen LogP contribution in [0, 0.1) is 0 Å². The van der Waals surface area contributed by atoms with E-state index >= 15 is 0 Å². The standard InChI is InChI=1S/C8H12ClNO3/c9-4-3-7(11)10-5-1-2-6(10)8(12)13/h6H,1-5H2,(H,12,13). The van der Waals surface area contributed by atoms with Crippen LogP contribution in [0.3, 0.4) is 0 Å². The van der Waals surface area contributed by atoms with Gasteiger partial charge in [0.05, 0.1) is 0 Å². The molecule has 0 aromatic rings. The molecule has 4 nitrogen and oxygen atoms in total. The van der Waals surface area contributed by atoms with Gasteiger partial charge in [-0.2, -0.15) is 0 Å². The van der Waals surface area contributed by atoms with Crippen LogP contribution in [-0.2, 0) is 9.59 Å². The van der Waals surface area contributed by atoms with Crippen molar-refractivity contribution in [2.24, 2.45) is 0 Å². The first kappa shape index (κ1) is 10.3. The van der Waals surface area contributed by atoms with E-state index in [1.165, 1.54) is 4.90 Å². The van der Waals surface area contributed by atoms with Gasteiger partial charge in [0.1, 0.15) is 6.04 Å². The normalized spacial score (nSPS) is 21.9. The quantitative estimate of drug-likeness (QED) is 0.690. The molecule has 1 rings (SSSR count). The molecule has 1 atom stereocenters. The number of carbonyl (C=O) groups is 2. The fraction of sp³-hybridized carbons (Fsp3) is 0.750. The first-order valence-electron chi connectivity index (χ1n) is 4.25. The van der Waals surface area contributed by atoms with Crippen LogP contribution in [0.5, 0.6) is 0 Å². The minimum atomic E-state index is -0.916. The van der Waals surface area contributed by atoms with Gasteiger partial charge >= 0.3 is 5.97 Å². The van der Waals surface area contributed by atoms with Crippen molar-refractivity contribution in [3.8, 4) is 0 Å². The third-order valence-electron chi connectivity index (χ3n) is 2.17. The number of carboxylic acids is 1. The molecule has 0 aliphatic carbocycles. The molecule has 5 heteroatoms. The predicted octanol–water partition coefficient (Wildman–Crippen LogP) is 0.691. The van der Waals surface area contributed by atoms with Gasteiger partial charge in [0.2, 0.25) is 5.91 Å². The molecule has 0 saturated carbocycles. The lowest BCUT2D eigenvalue weighted by Crippen LogP contribution is -2.40. The minimum Gasteiger partial charge on any atom is -0.480 e. The first-order valence-corrected chi connectivity index (χ1v) is 4.78. The third-order valence-corrected chi connectivity index (χ3v) is 2.36. The summed E-state index contributed by atoms with van der Waals surface area (Å²) in [5, 5.41) is 8.77. The van der Waals surface area contributed by atoms with Gasteiger partial charge in [-0.15, -0.1) is 11.6 Å². The second-order valence-corrected chi connectivity index (χ2v) is 3.40. The van der Waals surface area contributed by atoms with Crippen molar-refractivity contribution in [2.45, 2.75) is 25.3 Å². The van der Waals surface area contributed by atoms with E-state index in [9.17, 15) is 9.59 Å². The molecule has 0 aromatic heterocycles. The molecular formula is C8H12ClNO3. The number of alkyl halides is 1. The molecule has 74 valence electrons. The molecule has 1 N–H and O–H groups in total. The lowest BCUT2D eigenvalue weighted by Gasteiger charge is -2.20. The van der Waals surface area contributed by atoms with Crippen LogP contribution < -0.4 is 0 Å². The summed E-state index contributed by atoms with van der Waals surface area (Å²) < 4.78 is 0. The Bertz CT molecular complexity index is 219. The van der Waals surface area contributed by atoms with Crippen LogP contribution in [0.1, 0.15) is 19.3 Å². The van der Waals surface area contributed by atoms with E-state index in [0.29, 0.717) is 13.0 Å². The van der Waals surface area contributed by atoms with E-state index < -0.39 is 12.0 Å². The monoisotopic (exact) mass is 205 g/mol. The van der Waals surface area contributed by atoms with Crippen LogP contribution in [0.2, 0.25) is 0 Å². The zero-order valence-electron chi connectivity index (χ0n) is 7.20. The van der Waals surface area contributed by atoms with Gasteiger partial charge in [0.25, 0.3) is 0 Å². The minimum absolute atomic E-state index is 0.153. The Morgan fingerprint density at radius 1 is 1.54 bits per heavy atom. The van der Waals surface area contributed by atoms with Gasteiger partial charge in [-0.1, -0.05) is 0 Å². The molecule has 0 radical (unpaired) electrons. The average Bonchev–Trinajstić information content (AvgIpc) is 2.52. The highest BCUT2D eigenvalue weighted by molar-refractivity contribution is 6.18. The molecule has 1 saturated heterocycles. The van der Waals surface area contributed by atoms with Crippen LogP contribution >= 0.6 is 11.6 Å². The summed E-state index contributed by atoms with van der Waals surface area (Å²) in [6.07, 6.45) is 1.56. The van der Waals surface area contributed by atoms with E-state index in [1.807, 2.05) is 0 Å². The van der Waals surface area contributed by atoms with E-state index in [0.717, 1.165) is 6.42 Å². The van der Waals surface area contributed by atoms with Gasteiger partial charge in [0.15, 0.2) is 0 Å². The maximum atomic E-state index is 11.3. The summed E-state index contributed by atoms with van der Waals surface area (Å²) in [7, 11) is 0. The molecule has 1 unspecified atom stereocenters.